The van der Waals surface area contributed by atoms with Gasteiger partial charge in [0, 0.05) is 27.2 Å². The number of anilines is 1. The van der Waals surface area contributed by atoms with E-state index < -0.39 is 0 Å². The van der Waals surface area contributed by atoms with Gasteiger partial charge in [-0.25, -0.2) is 4.39 Å². The van der Waals surface area contributed by atoms with E-state index in [0.29, 0.717) is 23.4 Å². The molecule has 0 spiro atoms. The average molecular weight is 369 g/mol. The summed E-state index contributed by atoms with van der Waals surface area (Å²) in [6, 6.07) is 10.3. The molecule has 2 nitrogen and oxygen atoms in total. The van der Waals surface area contributed by atoms with Gasteiger partial charge < -0.3 is 4.90 Å². The highest BCUT2D eigenvalue weighted by molar-refractivity contribution is 9.10. The lowest BCUT2D eigenvalue weighted by Gasteiger charge is -2.29. The van der Waals surface area contributed by atoms with E-state index in [2.05, 4.69) is 15.9 Å². The lowest BCUT2D eigenvalue weighted by Crippen LogP contribution is -2.34. The third-order valence-electron chi connectivity index (χ3n) is 3.59. The Morgan fingerprint density at radius 3 is 2.76 bits per heavy atom. The number of amides is 1. The van der Waals surface area contributed by atoms with Gasteiger partial charge in [-0.3, -0.25) is 4.79 Å². The second kappa shape index (κ2) is 5.78. The highest BCUT2D eigenvalue weighted by atomic mass is 79.9. The molecule has 0 aliphatic carbocycles. The molecule has 1 aliphatic heterocycles. The Hall–Kier alpha value is -1.39. The number of rotatable bonds is 2. The zero-order chi connectivity index (χ0) is 15.0. The van der Waals surface area contributed by atoms with Crippen LogP contribution < -0.4 is 4.90 Å². The zero-order valence-corrected chi connectivity index (χ0v) is 13.4. The van der Waals surface area contributed by atoms with Crippen molar-refractivity contribution in [1.29, 1.82) is 0 Å². The fourth-order valence-electron chi connectivity index (χ4n) is 2.52. The molecule has 5 heteroatoms. The van der Waals surface area contributed by atoms with Gasteiger partial charge in [0.05, 0.1) is 6.54 Å². The standard InChI is InChI=1S/C16H12BrClFNO/c17-12-3-5-15-10(7-12)2-6-16(21)20(15)9-11-1-4-13(18)8-14(11)19/h1,3-5,7-8H,2,6,9H2. The van der Waals surface area contributed by atoms with E-state index in [-0.39, 0.29) is 18.3 Å². The SMILES string of the molecule is O=C1CCc2cc(Br)ccc2N1Cc1ccc(Cl)cc1F. The first kappa shape index (κ1) is 14.5. The number of fused-ring (bicyclic) bond motifs is 1. The summed E-state index contributed by atoms with van der Waals surface area (Å²) < 4.78 is 14.9. The largest absolute Gasteiger partial charge is 0.308 e. The minimum absolute atomic E-state index is 0.0131. The molecule has 0 unspecified atom stereocenters. The van der Waals surface area contributed by atoms with Gasteiger partial charge in [0.15, 0.2) is 0 Å². The van der Waals surface area contributed by atoms with Crippen molar-refractivity contribution in [2.45, 2.75) is 19.4 Å². The summed E-state index contributed by atoms with van der Waals surface area (Å²) in [4.78, 5) is 13.8. The van der Waals surface area contributed by atoms with E-state index in [4.69, 9.17) is 11.6 Å². The number of benzene rings is 2. The van der Waals surface area contributed by atoms with Crippen molar-refractivity contribution in [2.75, 3.05) is 4.90 Å². The number of hydrogen-bond donors (Lipinski definition) is 0. The molecule has 1 aliphatic rings. The van der Waals surface area contributed by atoms with Crippen LogP contribution in [-0.2, 0) is 17.8 Å². The van der Waals surface area contributed by atoms with Crippen LogP contribution in [0.2, 0.25) is 5.02 Å². The van der Waals surface area contributed by atoms with Crippen LogP contribution in [0.3, 0.4) is 0 Å². The Kier molecular flexibility index (Phi) is 4.00. The second-order valence-corrected chi connectivity index (χ2v) is 6.34. The predicted molar refractivity (Wildman–Crippen MR) is 85.1 cm³/mol. The van der Waals surface area contributed by atoms with Gasteiger partial charge in [0.1, 0.15) is 5.82 Å². The van der Waals surface area contributed by atoms with E-state index in [9.17, 15) is 9.18 Å². The monoisotopic (exact) mass is 367 g/mol. The molecular weight excluding hydrogens is 357 g/mol. The Balaban J connectivity index is 1.96. The van der Waals surface area contributed by atoms with Crippen LogP contribution in [0.5, 0.6) is 0 Å². The van der Waals surface area contributed by atoms with Crippen LogP contribution in [-0.4, -0.2) is 5.91 Å². The summed E-state index contributed by atoms with van der Waals surface area (Å²) >= 11 is 9.19. The smallest absolute Gasteiger partial charge is 0.227 e. The third-order valence-corrected chi connectivity index (χ3v) is 4.31. The van der Waals surface area contributed by atoms with Crippen molar-refractivity contribution in [3.05, 3.63) is 62.8 Å². The molecule has 2 aromatic rings. The fraction of sp³-hybridized carbons (Fsp3) is 0.188. The molecule has 1 heterocycles. The molecule has 0 atom stereocenters. The van der Waals surface area contributed by atoms with Gasteiger partial charge in [-0.2, -0.15) is 0 Å². The minimum atomic E-state index is -0.389. The Morgan fingerprint density at radius 2 is 2.00 bits per heavy atom. The van der Waals surface area contributed by atoms with Crippen LogP contribution in [0, 0.1) is 5.82 Å². The highest BCUT2D eigenvalue weighted by Gasteiger charge is 2.25. The molecular formula is C16H12BrClFNO. The summed E-state index contributed by atoms with van der Waals surface area (Å²) in [6.07, 6.45) is 1.16. The van der Waals surface area contributed by atoms with Gasteiger partial charge in [-0.15, -0.1) is 0 Å². The maximum atomic E-state index is 13.9. The normalized spacial score (nSPS) is 14.2. The first-order valence-corrected chi connectivity index (χ1v) is 7.74. The summed E-state index contributed by atoms with van der Waals surface area (Å²) in [5.74, 6) is -0.376. The average Bonchev–Trinajstić information content (AvgIpc) is 2.44. The van der Waals surface area contributed by atoms with Crippen molar-refractivity contribution in [2.24, 2.45) is 0 Å². The Bertz CT molecular complexity index is 719. The number of nitrogens with zero attached hydrogens (tertiary/aromatic N) is 1. The van der Waals surface area contributed by atoms with Gasteiger partial charge >= 0.3 is 0 Å². The molecule has 0 aromatic heterocycles. The van der Waals surface area contributed by atoms with Gasteiger partial charge in [-0.1, -0.05) is 33.6 Å². The topological polar surface area (TPSA) is 20.3 Å². The first-order chi connectivity index (χ1) is 10.0. The Morgan fingerprint density at radius 1 is 1.19 bits per heavy atom. The van der Waals surface area contributed by atoms with E-state index in [1.165, 1.54) is 6.07 Å². The molecule has 0 saturated heterocycles. The molecule has 0 bridgehead atoms. The third kappa shape index (κ3) is 2.97. The van der Waals surface area contributed by atoms with Crippen LogP contribution in [0.15, 0.2) is 40.9 Å². The van der Waals surface area contributed by atoms with Crippen LogP contribution in [0.1, 0.15) is 17.5 Å². The van der Waals surface area contributed by atoms with Crippen molar-refractivity contribution < 1.29 is 9.18 Å². The molecule has 0 fully saturated rings. The predicted octanol–water partition coefficient (Wildman–Crippen LogP) is 4.72. The number of aryl methyl sites for hydroxylation is 1. The second-order valence-electron chi connectivity index (χ2n) is 4.99. The molecule has 108 valence electrons. The van der Waals surface area contributed by atoms with Gasteiger partial charge in [0.2, 0.25) is 5.91 Å². The summed E-state index contributed by atoms with van der Waals surface area (Å²) in [5.41, 5.74) is 2.41. The summed E-state index contributed by atoms with van der Waals surface area (Å²) in [7, 11) is 0. The van der Waals surface area contributed by atoms with Crippen LogP contribution >= 0.6 is 27.5 Å². The highest BCUT2D eigenvalue weighted by Crippen LogP contribution is 2.32. The number of carbonyl (C=O) groups is 1. The van der Waals surface area contributed by atoms with Gasteiger partial charge in [-0.05, 0) is 42.3 Å². The van der Waals surface area contributed by atoms with E-state index in [1.807, 2.05) is 18.2 Å². The number of hydrogen-bond acceptors (Lipinski definition) is 1. The fourth-order valence-corrected chi connectivity index (χ4v) is 3.09. The molecule has 21 heavy (non-hydrogen) atoms. The summed E-state index contributed by atoms with van der Waals surface area (Å²) in [5, 5.41) is 0.352. The van der Waals surface area contributed by atoms with E-state index >= 15 is 0 Å². The molecule has 0 radical (unpaired) electrons. The van der Waals surface area contributed by atoms with Crippen molar-refractivity contribution in [1.82, 2.24) is 0 Å². The van der Waals surface area contributed by atoms with Crippen molar-refractivity contribution in [3.63, 3.8) is 0 Å². The van der Waals surface area contributed by atoms with E-state index in [1.54, 1.807) is 17.0 Å². The first-order valence-electron chi connectivity index (χ1n) is 6.57. The van der Waals surface area contributed by atoms with Crippen LogP contribution in [0.25, 0.3) is 0 Å². The summed E-state index contributed by atoms with van der Waals surface area (Å²) in [6.45, 7) is 0.219. The maximum Gasteiger partial charge on any atom is 0.227 e. The van der Waals surface area contributed by atoms with Gasteiger partial charge in [0.25, 0.3) is 0 Å². The lowest BCUT2D eigenvalue weighted by molar-refractivity contribution is -0.119. The quantitative estimate of drug-likeness (QED) is 0.751. The van der Waals surface area contributed by atoms with Crippen molar-refractivity contribution >= 4 is 39.1 Å². The van der Waals surface area contributed by atoms with Crippen molar-refractivity contribution in [3.8, 4) is 0 Å². The molecule has 1 amide bonds. The molecule has 3 rings (SSSR count). The molecule has 0 saturated carbocycles. The number of carbonyl (C=O) groups excluding carboxylic acids is 1. The maximum absolute atomic E-state index is 13.9. The van der Waals surface area contributed by atoms with Crippen LogP contribution in [0.4, 0.5) is 10.1 Å². The zero-order valence-electron chi connectivity index (χ0n) is 11.1. The molecule has 2 aromatic carbocycles. The molecule has 0 N–H and O–H groups in total. The number of halogens is 3. The minimum Gasteiger partial charge on any atom is -0.308 e. The lowest BCUT2D eigenvalue weighted by atomic mass is 10.0. The van der Waals surface area contributed by atoms with E-state index in [0.717, 1.165) is 15.7 Å². The Labute approximate surface area is 135 Å².